The molecular weight excluding hydrogens is 491 g/mol. The van der Waals surface area contributed by atoms with E-state index in [0.29, 0.717) is 48.0 Å². The Morgan fingerprint density at radius 1 is 1.11 bits per heavy atom. The molecule has 0 N–H and O–H groups in total. The molecule has 2 aliphatic rings. The van der Waals surface area contributed by atoms with Gasteiger partial charge in [0.15, 0.2) is 9.84 Å². The summed E-state index contributed by atoms with van der Waals surface area (Å²) in [4.78, 5) is 22.0. The third-order valence-corrected chi connectivity index (χ3v) is 9.87. The standard InChI is InChI=1S/C26H28F3N3O3S/c1-3-14(18-5-4-6-19(23(18)27)24(28)29)9-22-21-10-20(26(33)32(2)25(21)31-13-30-22)15-7-16-11-36(34,35)12-17(16)8-15/h4-6,10,13-17,24H,3,7-9,11-12H2,1-2H3/t14-,15?,16-,17+/m0/s1. The molecule has 0 bridgehead atoms. The zero-order valence-corrected chi connectivity index (χ0v) is 20.9. The van der Waals surface area contributed by atoms with E-state index in [2.05, 4.69) is 9.97 Å². The molecule has 1 unspecified atom stereocenters. The highest BCUT2D eigenvalue weighted by molar-refractivity contribution is 7.91. The topological polar surface area (TPSA) is 81.9 Å². The van der Waals surface area contributed by atoms with Crippen molar-refractivity contribution < 1.29 is 21.6 Å². The summed E-state index contributed by atoms with van der Waals surface area (Å²) in [5.74, 6) is -0.830. The lowest BCUT2D eigenvalue weighted by Gasteiger charge is -2.19. The van der Waals surface area contributed by atoms with Crippen LogP contribution in [-0.4, -0.2) is 34.5 Å². The van der Waals surface area contributed by atoms with Gasteiger partial charge in [-0.3, -0.25) is 9.36 Å². The Labute approximate surface area is 207 Å². The summed E-state index contributed by atoms with van der Waals surface area (Å²) >= 11 is 0. The molecular formula is C26H28F3N3O3S. The van der Waals surface area contributed by atoms with Gasteiger partial charge in [-0.25, -0.2) is 31.6 Å². The normalized spacial score (nSPS) is 23.9. The molecule has 6 nitrogen and oxygen atoms in total. The Morgan fingerprint density at radius 3 is 2.42 bits per heavy atom. The van der Waals surface area contributed by atoms with E-state index in [4.69, 9.17) is 0 Å². The van der Waals surface area contributed by atoms with Gasteiger partial charge in [-0.15, -0.1) is 0 Å². The third-order valence-electron chi connectivity index (χ3n) is 8.00. The van der Waals surface area contributed by atoms with Crippen LogP contribution >= 0.6 is 0 Å². The molecule has 36 heavy (non-hydrogen) atoms. The number of sulfone groups is 1. The molecule has 1 saturated carbocycles. The van der Waals surface area contributed by atoms with Crippen LogP contribution in [0.3, 0.4) is 0 Å². The minimum atomic E-state index is -3.01. The van der Waals surface area contributed by atoms with E-state index in [1.165, 1.54) is 23.0 Å². The number of benzene rings is 1. The van der Waals surface area contributed by atoms with Crippen LogP contribution in [-0.2, 0) is 23.3 Å². The van der Waals surface area contributed by atoms with Crippen LogP contribution in [0.5, 0.6) is 0 Å². The van der Waals surface area contributed by atoms with E-state index in [9.17, 15) is 26.4 Å². The number of halogens is 3. The fraction of sp³-hybridized carbons (Fsp3) is 0.500. The average Bonchev–Trinajstić information content (AvgIpc) is 3.33. The zero-order chi connectivity index (χ0) is 25.8. The molecule has 2 fully saturated rings. The molecule has 1 saturated heterocycles. The highest BCUT2D eigenvalue weighted by atomic mass is 32.2. The Kier molecular flexibility index (Phi) is 6.43. The smallest absolute Gasteiger partial charge is 0.266 e. The van der Waals surface area contributed by atoms with Crippen LogP contribution in [0.1, 0.15) is 66.8 Å². The first-order valence-electron chi connectivity index (χ1n) is 12.2. The van der Waals surface area contributed by atoms with Gasteiger partial charge < -0.3 is 0 Å². The molecule has 0 radical (unpaired) electrons. The molecule has 1 aliphatic heterocycles. The van der Waals surface area contributed by atoms with Gasteiger partial charge in [0.2, 0.25) is 0 Å². The van der Waals surface area contributed by atoms with Gasteiger partial charge in [-0.05, 0) is 61.0 Å². The monoisotopic (exact) mass is 519 g/mol. The molecule has 0 amide bonds. The largest absolute Gasteiger partial charge is 0.295 e. The lowest BCUT2D eigenvalue weighted by Crippen LogP contribution is -2.24. The molecule has 10 heteroatoms. The average molecular weight is 520 g/mol. The van der Waals surface area contributed by atoms with Gasteiger partial charge >= 0.3 is 0 Å². The van der Waals surface area contributed by atoms with Crippen LogP contribution < -0.4 is 5.56 Å². The summed E-state index contributed by atoms with van der Waals surface area (Å²) < 4.78 is 67.0. The molecule has 192 valence electrons. The second kappa shape index (κ2) is 9.28. The number of rotatable bonds is 6. The van der Waals surface area contributed by atoms with E-state index in [1.807, 2.05) is 13.0 Å². The van der Waals surface area contributed by atoms with Crippen molar-refractivity contribution in [2.24, 2.45) is 18.9 Å². The van der Waals surface area contributed by atoms with Crippen molar-refractivity contribution in [3.8, 4) is 0 Å². The fourth-order valence-corrected chi connectivity index (χ4v) is 8.41. The van der Waals surface area contributed by atoms with Crippen LogP contribution in [0, 0.1) is 17.7 Å². The molecule has 0 spiro atoms. The first-order chi connectivity index (χ1) is 17.1. The number of pyridine rings is 1. The maximum absolute atomic E-state index is 14.9. The molecule has 5 rings (SSSR count). The summed E-state index contributed by atoms with van der Waals surface area (Å²) in [5.41, 5.74) is 1.13. The molecule has 1 aromatic carbocycles. The van der Waals surface area contributed by atoms with Crippen LogP contribution in [0.25, 0.3) is 11.0 Å². The number of aryl methyl sites for hydroxylation is 1. The number of nitrogens with zero attached hydrogens (tertiary/aromatic N) is 3. The Hall–Kier alpha value is -2.75. The van der Waals surface area contributed by atoms with Crippen LogP contribution in [0.15, 0.2) is 35.4 Å². The number of aromatic nitrogens is 3. The third kappa shape index (κ3) is 4.33. The number of fused-ring (bicyclic) bond motifs is 2. The van der Waals surface area contributed by atoms with E-state index in [-0.39, 0.29) is 40.4 Å². The quantitative estimate of drug-likeness (QED) is 0.472. The Morgan fingerprint density at radius 2 is 1.78 bits per heavy atom. The Bertz CT molecular complexity index is 1470. The van der Waals surface area contributed by atoms with E-state index in [1.54, 1.807) is 7.05 Å². The van der Waals surface area contributed by atoms with Crippen molar-refractivity contribution in [2.75, 3.05) is 11.5 Å². The molecule has 4 atom stereocenters. The van der Waals surface area contributed by atoms with Gasteiger partial charge in [-0.2, -0.15) is 0 Å². The predicted molar refractivity (Wildman–Crippen MR) is 130 cm³/mol. The highest BCUT2D eigenvalue weighted by Gasteiger charge is 2.45. The van der Waals surface area contributed by atoms with Gasteiger partial charge in [0.25, 0.3) is 12.0 Å². The maximum Gasteiger partial charge on any atom is 0.266 e. The summed E-state index contributed by atoms with van der Waals surface area (Å²) in [7, 11) is -1.36. The first-order valence-corrected chi connectivity index (χ1v) is 14.0. The summed E-state index contributed by atoms with van der Waals surface area (Å²) in [6.07, 6.45) is 0.563. The van der Waals surface area contributed by atoms with Crippen LogP contribution in [0.2, 0.25) is 0 Å². The zero-order valence-electron chi connectivity index (χ0n) is 20.1. The van der Waals surface area contributed by atoms with Gasteiger partial charge in [0.1, 0.15) is 17.8 Å². The minimum Gasteiger partial charge on any atom is -0.295 e. The predicted octanol–water partition coefficient (Wildman–Crippen LogP) is 4.68. The maximum atomic E-state index is 14.9. The minimum absolute atomic E-state index is 0.0474. The molecule has 1 aliphatic carbocycles. The second-order valence-corrected chi connectivity index (χ2v) is 12.3. The highest BCUT2D eigenvalue weighted by Crippen LogP contribution is 2.46. The summed E-state index contributed by atoms with van der Waals surface area (Å²) in [6, 6.07) is 5.89. The van der Waals surface area contributed by atoms with Gasteiger partial charge in [0, 0.05) is 18.0 Å². The SMILES string of the molecule is CC[C@@H](Cc1ncnc2c1cc(C1C[C@@H]3CS(=O)(=O)C[C@@H]3C1)c(=O)n2C)c1cccc(C(F)F)c1F. The lowest BCUT2D eigenvalue weighted by atomic mass is 9.89. The van der Waals surface area contributed by atoms with Crippen molar-refractivity contribution in [1.82, 2.24) is 14.5 Å². The molecule has 2 aromatic heterocycles. The molecule has 3 heterocycles. The number of hydrogen-bond donors (Lipinski definition) is 0. The second-order valence-electron chi connectivity index (χ2n) is 10.1. The van der Waals surface area contributed by atoms with E-state index >= 15 is 0 Å². The summed E-state index contributed by atoms with van der Waals surface area (Å²) in [5, 5.41) is 0.670. The van der Waals surface area contributed by atoms with Crippen molar-refractivity contribution in [2.45, 2.75) is 50.9 Å². The first kappa shape index (κ1) is 24.9. The van der Waals surface area contributed by atoms with E-state index < -0.39 is 33.6 Å². The van der Waals surface area contributed by atoms with Gasteiger partial charge in [-0.1, -0.05) is 25.1 Å². The number of alkyl halides is 2. The van der Waals surface area contributed by atoms with Crippen LogP contribution in [0.4, 0.5) is 13.2 Å². The lowest BCUT2D eigenvalue weighted by molar-refractivity contribution is 0.146. The van der Waals surface area contributed by atoms with Gasteiger partial charge in [0.05, 0.1) is 22.8 Å². The summed E-state index contributed by atoms with van der Waals surface area (Å²) in [6.45, 7) is 1.87. The molecule has 3 aromatic rings. The van der Waals surface area contributed by atoms with Crippen molar-refractivity contribution in [3.05, 3.63) is 69.1 Å². The van der Waals surface area contributed by atoms with Crippen molar-refractivity contribution in [3.63, 3.8) is 0 Å². The fourth-order valence-electron chi connectivity index (χ4n) is 6.15. The van der Waals surface area contributed by atoms with Crippen molar-refractivity contribution >= 4 is 20.9 Å². The van der Waals surface area contributed by atoms with Crippen molar-refractivity contribution in [1.29, 1.82) is 0 Å². The van der Waals surface area contributed by atoms with E-state index in [0.717, 1.165) is 6.07 Å². The Balaban J connectivity index is 1.53. The number of hydrogen-bond acceptors (Lipinski definition) is 5.